The number of hydrogen-bond acceptors (Lipinski definition) is 3. The van der Waals surface area contributed by atoms with Crippen LogP contribution in [0.15, 0.2) is 48.8 Å². The number of nitrogens with one attached hydrogen (secondary N) is 1. The van der Waals surface area contributed by atoms with Crippen molar-refractivity contribution in [3.63, 3.8) is 0 Å². The number of rotatable bonds is 3. The first kappa shape index (κ1) is 13.5. The molecular weight excluding hydrogens is 272 g/mol. The highest BCUT2D eigenvalue weighted by Crippen LogP contribution is 2.26. The van der Waals surface area contributed by atoms with E-state index in [-0.39, 0.29) is 0 Å². The van der Waals surface area contributed by atoms with Crippen molar-refractivity contribution in [2.75, 3.05) is 13.1 Å². The Labute approximate surface area is 130 Å². The summed E-state index contributed by atoms with van der Waals surface area (Å²) in [6, 6.07) is 12.8. The zero-order chi connectivity index (χ0) is 14.8. The number of hydrogen-bond donors (Lipinski definition) is 1. The maximum Gasteiger partial charge on any atom is 0.0702 e. The third-order valence-corrected chi connectivity index (χ3v) is 4.54. The minimum atomic E-state index is 0.582. The topological polar surface area (TPSA) is 44.8 Å². The van der Waals surface area contributed by atoms with E-state index in [1.54, 1.807) is 0 Å². The first-order chi connectivity index (χ1) is 10.9. The molecule has 0 amide bonds. The molecule has 112 valence electrons. The van der Waals surface area contributed by atoms with Crippen molar-refractivity contribution < 1.29 is 0 Å². The molecule has 1 saturated heterocycles. The minimum Gasteiger partial charge on any atom is -0.298 e. The first-order valence-electron chi connectivity index (χ1n) is 7.94. The molecule has 1 aliphatic rings. The normalized spacial score (nSPS) is 19.5. The van der Waals surface area contributed by atoms with Gasteiger partial charge >= 0.3 is 0 Å². The third kappa shape index (κ3) is 2.74. The van der Waals surface area contributed by atoms with E-state index < -0.39 is 0 Å². The summed E-state index contributed by atoms with van der Waals surface area (Å²) in [4.78, 5) is 6.94. The highest BCUT2D eigenvalue weighted by Gasteiger charge is 2.22. The summed E-state index contributed by atoms with van der Waals surface area (Å²) in [5, 5.41) is 8.44. The highest BCUT2D eigenvalue weighted by molar-refractivity contribution is 5.78. The number of likely N-dealkylation sites (tertiary alicyclic amines) is 1. The Morgan fingerprint density at radius 3 is 3.09 bits per heavy atom. The smallest absolute Gasteiger partial charge is 0.0702 e. The molecule has 0 bridgehead atoms. The lowest BCUT2D eigenvalue weighted by Crippen LogP contribution is -2.34. The van der Waals surface area contributed by atoms with Gasteiger partial charge in [-0.1, -0.05) is 12.1 Å². The van der Waals surface area contributed by atoms with Crippen LogP contribution in [-0.4, -0.2) is 33.2 Å². The predicted molar refractivity (Wildman–Crippen MR) is 87.6 cm³/mol. The molecule has 1 fully saturated rings. The van der Waals surface area contributed by atoms with Gasteiger partial charge in [-0.15, -0.1) is 0 Å². The van der Waals surface area contributed by atoms with E-state index in [0.29, 0.717) is 5.92 Å². The number of nitrogens with zero attached hydrogens (tertiary/aromatic N) is 3. The maximum absolute atomic E-state index is 4.39. The van der Waals surface area contributed by atoms with E-state index in [9.17, 15) is 0 Å². The molecule has 3 aromatic rings. The molecule has 3 heterocycles. The Kier molecular flexibility index (Phi) is 3.60. The largest absolute Gasteiger partial charge is 0.298 e. The molecule has 2 aromatic heterocycles. The second-order valence-corrected chi connectivity index (χ2v) is 6.12. The van der Waals surface area contributed by atoms with E-state index >= 15 is 0 Å². The van der Waals surface area contributed by atoms with Crippen LogP contribution in [0.3, 0.4) is 0 Å². The number of H-pyrrole nitrogens is 1. The number of fused-ring (bicyclic) bond motifs is 1. The van der Waals surface area contributed by atoms with Gasteiger partial charge in [-0.05, 0) is 49.2 Å². The van der Waals surface area contributed by atoms with Gasteiger partial charge in [0.1, 0.15) is 0 Å². The molecule has 22 heavy (non-hydrogen) atoms. The molecule has 0 saturated carbocycles. The summed E-state index contributed by atoms with van der Waals surface area (Å²) in [5.41, 5.74) is 3.71. The molecule has 0 spiro atoms. The highest BCUT2D eigenvalue weighted by atomic mass is 15.1. The van der Waals surface area contributed by atoms with Gasteiger partial charge in [-0.2, -0.15) is 5.10 Å². The summed E-state index contributed by atoms with van der Waals surface area (Å²) >= 11 is 0. The van der Waals surface area contributed by atoms with E-state index in [2.05, 4.69) is 50.4 Å². The van der Waals surface area contributed by atoms with Crippen LogP contribution < -0.4 is 0 Å². The fourth-order valence-electron chi connectivity index (χ4n) is 3.43. The standard InChI is InChI=1S/C18H20N4/c1-3-15-11-14(5-6-17(15)19-8-1)12-22-10-2-4-16(13-22)18-7-9-20-21-18/h1,3,5-9,11,16H,2,4,10,12-13H2,(H,20,21)/t16-/m1/s1. The Balaban J connectivity index is 1.49. The lowest BCUT2D eigenvalue weighted by molar-refractivity contribution is 0.198. The second kappa shape index (κ2) is 5.89. The van der Waals surface area contributed by atoms with Gasteiger partial charge < -0.3 is 0 Å². The predicted octanol–water partition coefficient (Wildman–Crippen LogP) is 3.34. The summed E-state index contributed by atoms with van der Waals surface area (Å²) in [5.74, 6) is 0.582. The third-order valence-electron chi connectivity index (χ3n) is 4.54. The van der Waals surface area contributed by atoms with Crippen molar-refractivity contribution >= 4 is 10.9 Å². The molecule has 1 N–H and O–H groups in total. The second-order valence-electron chi connectivity index (χ2n) is 6.12. The Morgan fingerprint density at radius 2 is 2.18 bits per heavy atom. The van der Waals surface area contributed by atoms with Crippen molar-refractivity contribution in [2.45, 2.75) is 25.3 Å². The average molecular weight is 292 g/mol. The van der Waals surface area contributed by atoms with Gasteiger partial charge in [0, 0.05) is 42.5 Å². The molecule has 4 rings (SSSR count). The molecular formula is C18H20N4. The average Bonchev–Trinajstić information content (AvgIpc) is 3.10. The quantitative estimate of drug-likeness (QED) is 0.805. The number of aromatic nitrogens is 3. The van der Waals surface area contributed by atoms with E-state index in [0.717, 1.165) is 18.6 Å². The summed E-state index contributed by atoms with van der Waals surface area (Å²) in [6.45, 7) is 3.29. The van der Waals surface area contributed by atoms with Gasteiger partial charge in [0.15, 0.2) is 0 Å². The fraction of sp³-hybridized carbons (Fsp3) is 0.333. The van der Waals surface area contributed by atoms with E-state index in [1.807, 2.05) is 18.5 Å². The van der Waals surface area contributed by atoms with Crippen molar-refractivity contribution in [3.05, 3.63) is 60.0 Å². The number of aromatic amines is 1. The van der Waals surface area contributed by atoms with Crippen molar-refractivity contribution in [1.82, 2.24) is 20.1 Å². The molecule has 1 atom stereocenters. The summed E-state index contributed by atoms with van der Waals surface area (Å²) in [7, 11) is 0. The van der Waals surface area contributed by atoms with Gasteiger partial charge in [0.2, 0.25) is 0 Å². The molecule has 0 unspecified atom stereocenters. The van der Waals surface area contributed by atoms with Crippen molar-refractivity contribution in [2.24, 2.45) is 0 Å². The molecule has 0 radical (unpaired) electrons. The lowest BCUT2D eigenvalue weighted by atomic mass is 9.94. The SMILES string of the molecule is c1cnc2ccc(CN3CCC[C@@H](c4ccn[nH]4)C3)cc2c1. The van der Waals surface area contributed by atoms with Crippen molar-refractivity contribution in [1.29, 1.82) is 0 Å². The van der Waals surface area contributed by atoms with Gasteiger partial charge in [0.25, 0.3) is 0 Å². The van der Waals surface area contributed by atoms with Crippen LogP contribution in [0.4, 0.5) is 0 Å². The molecule has 0 aliphatic carbocycles. The first-order valence-corrected chi connectivity index (χ1v) is 7.94. The van der Waals surface area contributed by atoms with Gasteiger partial charge in [-0.3, -0.25) is 15.0 Å². The zero-order valence-corrected chi connectivity index (χ0v) is 12.6. The van der Waals surface area contributed by atoms with E-state index in [4.69, 9.17) is 0 Å². The summed E-state index contributed by atoms with van der Waals surface area (Å²) in [6.07, 6.45) is 6.20. The number of piperidine rings is 1. The molecule has 4 heteroatoms. The Morgan fingerprint density at radius 1 is 1.18 bits per heavy atom. The van der Waals surface area contributed by atoms with E-state index in [1.165, 1.54) is 36.0 Å². The number of benzene rings is 1. The Hall–Kier alpha value is -2.20. The van der Waals surface area contributed by atoms with Crippen LogP contribution in [0.25, 0.3) is 10.9 Å². The monoisotopic (exact) mass is 292 g/mol. The van der Waals surface area contributed by atoms with Crippen molar-refractivity contribution in [3.8, 4) is 0 Å². The van der Waals surface area contributed by atoms with Crippen LogP contribution in [0.2, 0.25) is 0 Å². The zero-order valence-electron chi connectivity index (χ0n) is 12.6. The Bertz CT molecular complexity index is 751. The minimum absolute atomic E-state index is 0.582. The molecule has 1 aliphatic heterocycles. The number of pyridine rings is 1. The van der Waals surface area contributed by atoms with Crippen LogP contribution in [0, 0.1) is 0 Å². The maximum atomic E-state index is 4.39. The molecule has 1 aromatic carbocycles. The summed E-state index contributed by atoms with van der Waals surface area (Å²) < 4.78 is 0. The molecule has 4 nitrogen and oxygen atoms in total. The van der Waals surface area contributed by atoms with Gasteiger partial charge in [0.05, 0.1) is 5.52 Å². The lowest BCUT2D eigenvalue weighted by Gasteiger charge is -2.32. The fourth-order valence-corrected chi connectivity index (χ4v) is 3.43. The van der Waals surface area contributed by atoms with Crippen LogP contribution in [0.5, 0.6) is 0 Å². The van der Waals surface area contributed by atoms with Gasteiger partial charge in [-0.25, -0.2) is 0 Å². The van der Waals surface area contributed by atoms with Crippen LogP contribution >= 0.6 is 0 Å². The van der Waals surface area contributed by atoms with Crippen LogP contribution in [0.1, 0.15) is 30.0 Å². The van der Waals surface area contributed by atoms with Crippen LogP contribution in [-0.2, 0) is 6.54 Å².